The SMILES string of the molecule is COc1cccc(NC(=O)N(Cc2ccsc2)Cc2ccccn2)c1OC. The minimum atomic E-state index is -0.238. The molecule has 0 fully saturated rings. The Balaban J connectivity index is 1.82. The van der Waals surface area contributed by atoms with E-state index in [2.05, 4.69) is 10.3 Å². The van der Waals surface area contributed by atoms with Gasteiger partial charge >= 0.3 is 6.03 Å². The average molecular weight is 383 g/mol. The molecule has 2 amide bonds. The van der Waals surface area contributed by atoms with Gasteiger partial charge < -0.3 is 19.7 Å². The van der Waals surface area contributed by atoms with Crippen molar-refractivity contribution in [1.82, 2.24) is 9.88 Å². The largest absolute Gasteiger partial charge is 0.493 e. The van der Waals surface area contributed by atoms with Crippen LogP contribution in [0, 0.1) is 0 Å². The molecule has 0 aliphatic rings. The number of urea groups is 1. The van der Waals surface area contributed by atoms with E-state index >= 15 is 0 Å². The third-order valence-electron chi connectivity index (χ3n) is 3.96. The van der Waals surface area contributed by atoms with E-state index in [1.165, 1.54) is 0 Å². The van der Waals surface area contributed by atoms with Gasteiger partial charge in [-0.25, -0.2) is 4.79 Å². The fraction of sp³-hybridized carbons (Fsp3) is 0.200. The van der Waals surface area contributed by atoms with Gasteiger partial charge in [-0.1, -0.05) is 12.1 Å². The number of ether oxygens (including phenoxy) is 2. The Bertz CT molecular complexity index is 869. The second kappa shape index (κ2) is 9.05. The lowest BCUT2D eigenvalue weighted by Gasteiger charge is -2.23. The fourth-order valence-electron chi connectivity index (χ4n) is 2.67. The number of anilines is 1. The number of benzene rings is 1. The van der Waals surface area contributed by atoms with E-state index in [4.69, 9.17) is 9.47 Å². The lowest BCUT2D eigenvalue weighted by Crippen LogP contribution is -2.34. The molecule has 1 aromatic carbocycles. The van der Waals surface area contributed by atoms with Gasteiger partial charge in [0.15, 0.2) is 11.5 Å². The first-order valence-corrected chi connectivity index (χ1v) is 9.33. The van der Waals surface area contributed by atoms with Gasteiger partial charge in [0, 0.05) is 12.7 Å². The molecular weight excluding hydrogens is 362 g/mol. The van der Waals surface area contributed by atoms with Gasteiger partial charge in [-0.3, -0.25) is 4.98 Å². The Morgan fingerprint density at radius 3 is 2.67 bits per heavy atom. The van der Waals surface area contributed by atoms with Gasteiger partial charge in [-0.2, -0.15) is 11.3 Å². The molecule has 0 bridgehead atoms. The summed E-state index contributed by atoms with van der Waals surface area (Å²) in [6.07, 6.45) is 1.72. The maximum absolute atomic E-state index is 13.0. The summed E-state index contributed by atoms with van der Waals surface area (Å²) >= 11 is 1.60. The summed E-state index contributed by atoms with van der Waals surface area (Å²) in [5.41, 5.74) is 2.45. The van der Waals surface area contributed by atoms with E-state index in [1.807, 2.05) is 35.0 Å². The second-order valence-corrected chi connectivity index (χ2v) is 6.56. The van der Waals surface area contributed by atoms with Crippen LogP contribution in [0.5, 0.6) is 11.5 Å². The summed E-state index contributed by atoms with van der Waals surface area (Å²) in [5.74, 6) is 1.05. The number of para-hydroxylation sites is 1. The average Bonchev–Trinajstić information content (AvgIpc) is 3.21. The summed E-state index contributed by atoms with van der Waals surface area (Å²) in [6.45, 7) is 0.882. The lowest BCUT2D eigenvalue weighted by molar-refractivity contribution is 0.205. The topological polar surface area (TPSA) is 63.7 Å². The van der Waals surface area contributed by atoms with Gasteiger partial charge in [-0.05, 0) is 46.7 Å². The van der Waals surface area contributed by atoms with E-state index < -0.39 is 0 Å². The Morgan fingerprint density at radius 2 is 2.00 bits per heavy atom. The zero-order chi connectivity index (χ0) is 19.1. The van der Waals surface area contributed by atoms with Crippen LogP contribution in [0.2, 0.25) is 0 Å². The first-order chi connectivity index (χ1) is 13.2. The highest BCUT2D eigenvalue weighted by Gasteiger charge is 2.18. The van der Waals surface area contributed by atoms with Crippen molar-refractivity contribution >= 4 is 23.1 Å². The summed E-state index contributed by atoms with van der Waals surface area (Å²) in [5, 5.41) is 6.96. The highest BCUT2D eigenvalue weighted by atomic mass is 32.1. The molecule has 2 aromatic heterocycles. The van der Waals surface area contributed by atoms with Crippen LogP contribution < -0.4 is 14.8 Å². The van der Waals surface area contributed by atoms with Crippen LogP contribution >= 0.6 is 11.3 Å². The zero-order valence-electron chi connectivity index (χ0n) is 15.2. The number of rotatable bonds is 7. The molecule has 0 saturated carbocycles. The number of carbonyl (C=O) groups excluding carboxylic acids is 1. The van der Waals surface area contributed by atoms with Crippen molar-refractivity contribution in [3.63, 3.8) is 0 Å². The summed E-state index contributed by atoms with van der Waals surface area (Å²) < 4.78 is 10.7. The van der Waals surface area contributed by atoms with Crippen molar-refractivity contribution in [2.75, 3.05) is 19.5 Å². The molecule has 1 N–H and O–H groups in total. The third-order valence-corrected chi connectivity index (χ3v) is 4.70. The molecule has 0 aliphatic heterocycles. The predicted molar refractivity (Wildman–Crippen MR) is 106 cm³/mol. The molecular formula is C20H21N3O3S. The number of carbonyl (C=O) groups is 1. The fourth-order valence-corrected chi connectivity index (χ4v) is 3.33. The van der Waals surface area contributed by atoms with Crippen molar-refractivity contribution in [3.05, 3.63) is 70.7 Å². The minimum absolute atomic E-state index is 0.238. The lowest BCUT2D eigenvalue weighted by atomic mass is 10.2. The first kappa shape index (κ1) is 18.7. The van der Waals surface area contributed by atoms with Crippen LogP contribution in [-0.4, -0.2) is 30.1 Å². The molecule has 0 unspecified atom stereocenters. The van der Waals surface area contributed by atoms with E-state index in [9.17, 15) is 4.79 Å². The van der Waals surface area contributed by atoms with E-state index in [0.717, 1.165) is 11.3 Å². The molecule has 0 spiro atoms. The summed E-state index contributed by atoms with van der Waals surface area (Å²) in [6, 6.07) is 12.8. The van der Waals surface area contributed by atoms with E-state index in [1.54, 1.807) is 54.9 Å². The first-order valence-electron chi connectivity index (χ1n) is 8.39. The highest BCUT2D eigenvalue weighted by molar-refractivity contribution is 7.07. The van der Waals surface area contributed by atoms with Crippen LogP contribution in [-0.2, 0) is 13.1 Å². The predicted octanol–water partition coefficient (Wildman–Crippen LogP) is 4.39. The molecule has 140 valence electrons. The molecule has 7 heteroatoms. The van der Waals surface area contributed by atoms with Crippen LogP contribution in [0.4, 0.5) is 10.5 Å². The quantitative estimate of drug-likeness (QED) is 0.657. The van der Waals surface area contributed by atoms with Crippen LogP contribution in [0.3, 0.4) is 0 Å². The number of methoxy groups -OCH3 is 2. The molecule has 2 heterocycles. The molecule has 6 nitrogen and oxygen atoms in total. The minimum Gasteiger partial charge on any atom is -0.493 e. The van der Waals surface area contributed by atoms with E-state index in [0.29, 0.717) is 30.3 Å². The number of nitrogens with one attached hydrogen (secondary N) is 1. The van der Waals surface area contributed by atoms with Crippen molar-refractivity contribution < 1.29 is 14.3 Å². The Morgan fingerprint density at radius 1 is 1.11 bits per heavy atom. The molecule has 0 radical (unpaired) electrons. The Labute approximate surface area is 162 Å². The number of thiophene rings is 1. The smallest absolute Gasteiger partial charge is 0.322 e. The number of hydrogen-bond acceptors (Lipinski definition) is 5. The Kier molecular flexibility index (Phi) is 6.27. The van der Waals surface area contributed by atoms with Gasteiger partial charge in [0.2, 0.25) is 0 Å². The monoisotopic (exact) mass is 383 g/mol. The normalized spacial score (nSPS) is 10.3. The summed E-state index contributed by atoms with van der Waals surface area (Å²) in [4.78, 5) is 19.1. The van der Waals surface area contributed by atoms with E-state index in [-0.39, 0.29) is 6.03 Å². The van der Waals surface area contributed by atoms with Gasteiger partial charge in [0.1, 0.15) is 0 Å². The molecule has 0 aliphatic carbocycles. The number of hydrogen-bond donors (Lipinski definition) is 1. The molecule has 0 saturated heterocycles. The van der Waals surface area contributed by atoms with Gasteiger partial charge in [0.25, 0.3) is 0 Å². The standard InChI is InChI=1S/C20H21N3O3S/c1-25-18-8-5-7-17(19(18)26-2)22-20(24)23(12-15-9-11-27-14-15)13-16-6-3-4-10-21-16/h3-11,14H,12-13H2,1-2H3,(H,22,24). The maximum atomic E-state index is 13.0. The van der Waals surface area contributed by atoms with Crippen molar-refractivity contribution in [3.8, 4) is 11.5 Å². The molecule has 3 rings (SSSR count). The zero-order valence-corrected chi connectivity index (χ0v) is 16.0. The van der Waals surface area contributed by atoms with Gasteiger partial charge in [0.05, 0.1) is 32.1 Å². The van der Waals surface area contributed by atoms with Crippen LogP contribution in [0.1, 0.15) is 11.3 Å². The van der Waals surface area contributed by atoms with Crippen molar-refractivity contribution in [2.24, 2.45) is 0 Å². The van der Waals surface area contributed by atoms with Crippen molar-refractivity contribution in [1.29, 1.82) is 0 Å². The molecule has 3 aromatic rings. The number of pyridine rings is 1. The van der Waals surface area contributed by atoms with Gasteiger partial charge in [-0.15, -0.1) is 0 Å². The second-order valence-electron chi connectivity index (χ2n) is 5.78. The van der Waals surface area contributed by atoms with Crippen molar-refractivity contribution in [2.45, 2.75) is 13.1 Å². The van der Waals surface area contributed by atoms with Crippen LogP contribution in [0.25, 0.3) is 0 Å². The molecule has 0 atom stereocenters. The third kappa shape index (κ3) is 4.77. The number of nitrogens with zero attached hydrogens (tertiary/aromatic N) is 2. The number of amides is 2. The highest BCUT2D eigenvalue weighted by Crippen LogP contribution is 2.34. The molecule has 27 heavy (non-hydrogen) atoms. The summed E-state index contributed by atoms with van der Waals surface area (Å²) in [7, 11) is 3.11. The maximum Gasteiger partial charge on any atom is 0.322 e. The number of aromatic nitrogens is 1. The van der Waals surface area contributed by atoms with Crippen LogP contribution in [0.15, 0.2) is 59.4 Å². The Hall–Kier alpha value is -3.06.